The summed E-state index contributed by atoms with van der Waals surface area (Å²) in [6, 6.07) is 16.5. The van der Waals surface area contributed by atoms with E-state index in [4.69, 9.17) is 0 Å². The first-order valence-corrected chi connectivity index (χ1v) is 7.26. The normalized spacial score (nSPS) is 10.8. The zero-order valence-corrected chi connectivity index (χ0v) is 12.4. The first-order chi connectivity index (χ1) is 10.2. The Kier molecular flexibility index (Phi) is 3.82. The van der Waals surface area contributed by atoms with Crippen LogP contribution in [0.1, 0.15) is 16.8 Å². The summed E-state index contributed by atoms with van der Waals surface area (Å²) in [5.74, 6) is 0.877. The summed E-state index contributed by atoms with van der Waals surface area (Å²) in [5.41, 5.74) is 5.52. The molecule has 1 N–H and O–H groups in total. The van der Waals surface area contributed by atoms with E-state index in [0.717, 1.165) is 35.5 Å². The van der Waals surface area contributed by atoms with Crippen LogP contribution in [0.5, 0.6) is 0 Å². The highest BCUT2D eigenvalue weighted by molar-refractivity contribution is 5.76. The molecule has 0 amide bonds. The minimum absolute atomic E-state index is 0.860. The Morgan fingerprint density at radius 1 is 0.857 bits per heavy atom. The van der Waals surface area contributed by atoms with E-state index in [1.165, 1.54) is 11.1 Å². The molecule has 0 radical (unpaired) electrons. The van der Waals surface area contributed by atoms with Crippen LogP contribution >= 0.6 is 0 Å². The minimum Gasteiger partial charge on any atom is -0.368 e. The van der Waals surface area contributed by atoms with E-state index in [9.17, 15) is 0 Å². The van der Waals surface area contributed by atoms with E-state index in [1.807, 2.05) is 31.2 Å². The number of nitrogens with one attached hydrogen (secondary N) is 1. The van der Waals surface area contributed by atoms with Crippen molar-refractivity contribution in [2.24, 2.45) is 0 Å². The quantitative estimate of drug-likeness (QED) is 0.786. The van der Waals surface area contributed by atoms with Gasteiger partial charge in [-0.05, 0) is 43.5 Å². The Bertz CT molecular complexity index is 765. The van der Waals surface area contributed by atoms with Crippen LogP contribution in [-0.2, 0) is 6.42 Å². The van der Waals surface area contributed by atoms with Gasteiger partial charge in [0.05, 0.1) is 16.7 Å². The Morgan fingerprint density at radius 3 is 2.29 bits per heavy atom. The Morgan fingerprint density at radius 2 is 1.52 bits per heavy atom. The van der Waals surface area contributed by atoms with Gasteiger partial charge < -0.3 is 5.32 Å². The summed E-state index contributed by atoms with van der Waals surface area (Å²) in [6.45, 7) is 5.00. The van der Waals surface area contributed by atoms with E-state index in [-0.39, 0.29) is 0 Å². The summed E-state index contributed by atoms with van der Waals surface area (Å²) < 4.78 is 0. The van der Waals surface area contributed by atoms with E-state index in [2.05, 4.69) is 46.5 Å². The molecule has 3 heteroatoms. The number of benzene rings is 2. The van der Waals surface area contributed by atoms with Crippen LogP contribution in [0.3, 0.4) is 0 Å². The van der Waals surface area contributed by atoms with Gasteiger partial charge in [-0.1, -0.05) is 36.4 Å². The fourth-order valence-corrected chi connectivity index (χ4v) is 2.46. The fraction of sp³-hybridized carbons (Fsp3) is 0.222. The molecule has 0 atom stereocenters. The monoisotopic (exact) mass is 277 g/mol. The van der Waals surface area contributed by atoms with Crippen molar-refractivity contribution in [3.05, 3.63) is 65.4 Å². The van der Waals surface area contributed by atoms with Crippen LogP contribution in [0.25, 0.3) is 11.0 Å². The number of hydrogen-bond acceptors (Lipinski definition) is 3. The van der Waals surface area contributed by atoms with Gasteiger partial charge in [0.25, 0.3) is 0 Å². The maximum atomic E-state index is 4.65. The number of anilines is 1. The molecular weight excluding hydrogens is 258 g/mol. The lowest BCUT2D eigenvalue weighted by Gasteiger charge is -2.10. The van der Waals surface area contributed by atoms with Crippen LogP contribution in [0, 0.1) is 13.8 Å². The van der Waals surface area contributed by atoms with E-state index in [0.29, 0.717) is 0 Å². The zero-order valence-electron chi connectivity index (χ0n) is 12.4. The van der Waals surface area contributed by atoms with E-state index in [1.54, 1.807) is 0 Å². The van der Waals surface area contributed by atoms with Crippen LogP contribution in [0.15, 0.2) is 48.5 Å². The molecule has 21 heavy (non-hydrogen) atoms. The summed E-state index contributed by atoms with van der Waals surface area (Å²) >= 11 is 0. The molecule has 0 bridgehead atoms. The molecule has 3 rings (SSSR count). The van der Waals surface area contributed by atoms with Gasteiger partial charge in [-0.2, -0.15) is 0 Å². The molecule has 1 aromatic heterocycles. The van der Waals surface area contributed by atoms with Gasteiger partial charge in [-0.3, -0.25) is 0 Å². The summed E-state index contributed by atoms with van der Waals surface area (Å²) in [6.07, 6.45) is 0.987. The van der Waals surface area contributed by atoms with Crippen LogP contribution < -0.4 is 5.32 Å². The number of fused-ring (bicyclic) bond motifs is 1. The predicted octanol–water partition coefficient (Wildman–Crippen LogP) is 3.90. The number of nitrogens with zero attached hydrogens (tertiary/aromatic N) is 2. The van der Waals surface area contributed by atoms with Gasteiger partial charge in [0.2, 0.25) is 0 Å². The Hall–Kier alpha value is -2.42. The van der Waals surface area contributed by atoms with Crippen molar-refractivity contribution in [1.29, 1.82) is 0 Å². The third-order valence-electron chi connectivity index (χ3n) is 3.69. The first-order valence-electron chi connectivity index (χ1n) is 7.26. The molecule has 0 unspecified atom stereocenters. The van der Waals surface area contributed by atoms with Gasteiger partial charge in [0, 0.05) is 6.54 Å². The molecule has 106 valence electrons. The third-order valence-corrected chi connectivity index (χ3v) is 3.69. The molecule has 0 spiro atoms. The highest BCUT2D eigenvalue weighted by Crippen LogP contribution is 2.16. The first kappa shape index (κ1) is 13.6. The molecule has 3 aromatic rings. The number of para-hydroxylation sites is 2. The van der Waals surface area contributed by atoms with E-state index < -0.39 is 0 Å². The fourth-order valence-electron chi connectivity index (χ4n) is 2.46. The smallest absolute Gasteiger partial charge is 0.148 e. The number of rotatable bonds is 4. The lowest BCUT2D eigenvalue weighted by Crippen LogP contribution is -2.09. The molecule has 0 fully saturated rings. The Balaban J connectivity index is 1.73. The van der Waals surface area contributed by atoms with Crippen molar-refractivity contribution >= 4 is 16.9 Å². The van der Waals surface area contributed by atoms with Gasteiger partial charge in [0.15, 0.2) is 0 Å². The van der Waals surface area contributed by atoms with Gasteiger partial charge >= 0.3 is 0 Å². The molecule has 1 heterocycles. The summed E-state index contributed by atoms with van der Waals surface area (Å²) in [7, 11) is 0. The van der Waals surface area contributed by atoms with Crippen LogP contribution in [-0.4, -0.2) is 16.5 Å². The largest absolute Gasteiger partial charge is 0.368 e. The van der Waals surface area contributed by atoms with E-state index >= 15 is 0 Å². The molecule has 2 aromatic carbocycles. The second-order valence-corrected chi connectivity index (χ2v) is 5.25. The van der Waals surface area contributed by atoms with Crippen molar-refractivity contribution in [2.75, 3.05) is 11.9 Å². The van der Waals surface area contributed by atoms with Crippen molar-refractivity contribution in [2.45, 2.75) is 20.3 Å². The molecule has 0 aliphatic heterocycles. The lowest BCUT2D eigenvalue weighted by atomic mass is 10.1. The highest BCUT2D eigenvalue weighted by atomic mass is 15.0. The van der Waals surface area contributed by atoms with Gasteiger partial charge in [-0.15, -0.1) is 0 Å². The maximum Gasteiger partial charge on any atom is 0.148 e. The third kappa shape index (κ3) is 3.02. The number of aromatic nitrogens is 2. The van der Waals surface area contributed by atoms with Crippen molar-refractivity contribution < 1.29 is 0 Å². The predicted molar refractivity (Wildman–Crippen MR) is 87.6 cm³/mol. The van der Waals surface area contributed by atoms with Crippen LogP contribution in [0.4, 0.5) is 5.82 Å². The zero-order chi connectivity index (χ0) is 14.7. The molecule has 0 saturated heterocycles. The molecule has 0 aliphatic carbocycles. The second-order valence-electron chi connectivity index (χ2n) is 5.25. The second kappa shape index (κ2) is 5.92. The van der Waals surface area contributed by atoms with Gasteiger partial charge in [-0.25, -0.2) is 9.97 Å². The van der Waals surface area contributed by atoms with Crippen LogP contribution in [0.2, 0.25) is 0 Å². The lowest BCUT2D eigenvalue weighted by molar-refractivity contribution is 0.986. The molecule has 0 saturated carbocycles. The average molecular weight is 277 g/mol. The number of hydrogen-bond donors (Lipinski definition) is 1. The molecular formula is C18H19N3. The topological polar surface area (TPSA) is 37.8 Å². The average Bonchev–Trinajstić information content (AvgIpc) is 2.49. The summed E-state index contributed by atoms with van der Waals surface area (Å²) in [5, 5.41) is 3.41. The van der Waals surface area contributed by atoms with Gasteiger partial charge in [0.1, 0.15) is 5.82 Å². The van der Waals surface area contributed by atoms with Crippen molar-refractivity contribution in [3.8, 4) is 0 Å². The standard InChI is InChI=1S/C18H19N3/c1-13-7-3-4-8-15(13)11-12-19-18-14(2)20-16-9-5-6-10-17(16)21-18/h3-10H,11-12H2,1-2H3,(H,19,21). The highest BCUT2D eigenvalue weighted by Gasteiger charge is 2.04. The Labute approximate surface area is 125 Å². The molecule has 0 aliphatic rings. The molecule has 3 nitrogen and oxygen atoms in total. The van der Waals surface area contributed by atoms with Crippen molar-refractivity contribution in [3.63, 3.8) is 0 Å². The van der Waals surface area contributed by atoms with Crippen molar-refractivity contribution in [1.82, 2.24) is 9.97 Å². The summed E-state index contributed by atoms with van der Waals surface area (Å²) in [4.78, 5) is 9.25. The minimum atomic E-state index is 0.860. The number of aryl methyl sites for hydroxylation is 2. The maximum absolute atomic E-state index is 4.65. The SMILES string of the molecule is Cc1ccccc1CCNc1nc2ccccc2nc1C.